The number of hydrogen-bond acceptors (Lipinski definition) is 4. The summed E-state index contributed by atoms with van der Waals surface area (Å²) >= 11 is 0. The van der Waals surface area contributed by atoms with E-state index in [2.05, 4.69) is 0 Å². The Bertz CT molecular complexity index is 30.7. The zero-order valence-electron chi connectivity index (χ0n) is 3.05. The molecule has 0 N–H and O–H groups in total. The minimum atomic E-state index is -0.500. The van der Waals surface area contributed by atoms with Crippen LogP contribution in [0, 0.1) is 46.9 Å². The average Bonchev–Trinajstić information content (AvgIpc) is 1.39. The molecule has 0 aromatic rings. The first-order valence-electron chi connectivity index (χ1n) is 0.943. The molecule has 0 aliphatic carbocycles. The van der Waals surface area contributed by atoms with E-state index in [9.17, 15) is 0 Å². The van der Waals surface area contributed by atoms with Gasteiger partial charge in [-0.1, -0.05) is 0 Å². The summed E-state index contributed by atoms with van der Waals surface area (Å²) in [4.78, 5) is 16.5. The van der Waals surface area contributed by atoms with E-state index in [1.807, 2.05) is 0 Å². The van der Waals surface area contributed by atoms with Crippen LogP contribution in [0.3, 0.4) is 0 Å². The van der Waals surface area contributed by atoms with Gasteiger partial charge in [-0.05, 0) is 0 Å². The van der Waals surface area contributed by atoms with Crippen molar-refractivity contribution in [2.75, 3.05) is 0 Å². The van der Waals surface area contributed by atoms with Crippen LogP contribution in [0.25, 0.3) is 0 Å². The maximum absolute atomic E-state index is 8.25. The summed E-state index contributed by atoms with van der Waals surface area (Å²) in [5, 5.41) is 16.5. The summed E-state index contributed by atoms with van der Waals surface area (Å²) in [6.45, 7) is -1.00. The van der Waals surface area contributed by atoms with E-state index in [-0.39, 0.29) is 46.9 Å². The van der Waals surface area contributed by atoms with Gasteiger partial charge in [-0.15, -0.1) is 0 Å². The molecule has 5 heteroatoms. The molecule has 7 heavy (non-hydrogen) atoms. The SMILES string of the molecule is O=C[O-].O=C[O-].[Yb+2]. The minimum absolute atomic E-state index is 0. The van der Waals surface area contributed by atoms with Gasteiger partial charge in [0.1, 0.15) is 0 Å². The molecule has 4 nitrogen and oxygen atoms in total. The first-order chi connectivity index (χ1) is 2.83. The summed E-state index contributed by atoms with van der Waals surface area (Å²) in [7, 11) is 0. The molecule has 0 aromatic heterocycles. The van der Waals surface area contributed by atoms with Crippen LogP contribution < -0.4 is 10.2 Å². The van der Waals surface area contributed by atoms with Crippen molar-refractivity contribution in [2.45, 2.75) is 0 Å². The maximum Gasteiger partial charge on any atom is 2.00 e. The molecule has 0 spiro atoms. The van der Waals surface area contributed by atoms with Gasteiger partial charge in [-0.2, -0.15) is 0 Å². The van der Waals surface area contributed by atoms with E-state index in [1.165, 1.54) is 0 Å². The number of carbonyl (C=O) groups is 2. The first-order valence-corrected chi connectivity index (χ1v) is 0.943. The normalized spacial score (nSPS) is 3.43. The summed E-state index contributed by atoms with van der Waals surface area (Å²) in [6, 6.07) is 0. The fourth-order valence-corrected chi connectivity index (χ4v) is 0. The van der Waals surface area contributed by atoms with Crippen LogP contribution in [-0.2, 0) is 9.59 Å². The molecule has 0 heterocycles. The molecule has 0 amide bonds. The van der Waals surface area contributed by atoms with Crippen molar-refractivity contribution in [3.05, 3.63) is 0 Å². The van der Waals surface area contributed by atoms with Gasteiger partial charge in [-0.25, -0.2) is 0 Å². The molecule has 0 aliphatic rings. The maximum atomic E-state index is 8.25. The molecule has 0 saturated heterocycles. The number of rotatable bonds is 0. The second kappa shape index (κ2) is 31.8. The summed E-state index contributed by atoms with van der Waals surface area (Å²) in [6.07, 6.45) is 0. The molecule has 0 bridgehead atoms. The van der Waals surface area contributed by atoms with Gasteiger partial charge >= 0.3 is 46.9 Å². The van der Waals surface area contributed by atoms with Crippen LogP contribution in [0.5, 0.6) is 0 Å². The van der Waals surface area contributed by atoms with E-state index in [0.717, 1.165) is 0 Å². The van der Waals surface area contributed by atoms with Crippen molar-refractivity contribution in [3.63, 3.8) is 0 Å². The van der Waals surface area contributed by atoms with E-state index in [1.54, 1.807) is 0 Å². The van der Waals surface area contributed by atoms with Crippen molar-refractivity contribution in [2.24, 2.45) is 0 Å². The van der Waals surface area contributed by atoms with Gasteiger partial charge in [-0.3, -0.25) is 0 Å². The van der Waals surface area contributed by atoms with Gasteiger partial charge in [0.2, 0.25) is 0 Å². The zero-order chi connectivity index (χ0) is 5.41. The van der Waals surface area contributed by atoms with Crippen molar-refractivity contribution >= 4 is 12.9 Å². The topological polar surface area (TPSA) is 80.3 Å². The Morgan fingerprint density at radius 1 is 1.00 bits per heavy atom. The van der Waals surface area contributed by atoms with E-state index >= 15 is 0 Å². The molecule has 48 valence electrons. The van der Waals surface area contributed by atoms with E-state index < -0.39 is 12.9 Å². The van der Waals surface area contributed by atoms with Crippen molar-refractivity contribution in [1.82, 2.24) is 0 Å². The number of carboxylic acid groups (broad SMARTS) is 2. The Kier molecular flexibility index (Phi) is 71.2. The van der Waals surface area contributed by atoms with E-state index in [0.29, 0.717) is 0 Å². The van der Waals surface area contributed by atoms with Gasteiger partial charge < -0.3 is 19.8 Å². The Balaban J connectivity index is -0.0000000400. The Morgan fingerprint density at radius 2 is 1.00 bits per heavy atom. The second-order valence-corrected chi connectivity index (χ2v) is 0.192. The number of carbonyl (C=O) groups excluding carboxylic acids is 2. The molecule has 0 radical (unpaired) electrons. The van der Waals surface area contributed by atoms with Crippen LogP contribution in [0.2, 0.25) is 0 Å². The largest absolute Gasteiger partial charge is 2.00 e. The van der Waals surface area contributed by atoms with Crippen LogP contribution in [-0.4, -0.2) is 12.9 Å². The summed E-state index contributed by atoms with van der Waals surface area (Å²) < 4.78 is 0. The quantitative estimate of drug-likeness (QED) is 0.429. The zero-order valence-corrected chi connectivity index (χ0v) is 4.77. The molecular formula is C2H2O4Yb. The predicted molar refractivity (Wildman–Crippen MR) is 12.1 cm³/mol. The van der Waals surface area contributed by atoms with E-state index in [4.69, 9.17) is 19.8 Å². The van der Waals surface area contributed by atoms with Gasteiger partial charge in [0, 0.05) is 12.9 Å². The average molecular weight is 263 g/mol. The predicted octanol–water partition coefficient (Wildman–Crippen LogP) is -3.27. The van der Waals surface area contributed by atoms with Gasteiger partial charge in [0.05, 0.1) is 0 Å². The Labute approximate surface area is 78.8 Å². The third kappa shape index (κ3) is 608. The molecule has 0 aromatic carbocycles. The molecular weight excluding hydrogens is 261 g/mol. The van der Waals surface area contributed by atoms with Crippen molar-refractivity contribution in [1.29, 1.82) is 0 Å². The van der Waals surface area contributed by atoms with Crippen LogP contribution in [0.1, 0.15) is 0 Å². The van der Waals surface area contributed by atoms with Crippen molar-refractivity contribution < 1.29 is 66.7 Å². The monoisotopic (exact) mass is 264 g/mol. The Hall–Kier alpha value is 0.459. The van der Waals surface area contributed by atoms with Crippen LogP contribution in [0.15, 0.2) is 0 Å². The summed E-state index contributed by atoms with van der Waals surface area (Å²) in [5.74, 6) is 0. The minimum Gasteiger partial charge on any atom is -0.554 e. The third-order valence-corrected chi connectivity index (χ3v) is 0. The Morgan fingerprint density at radius 3 is 1.00 bits per heavy atom. The second-order valence-electron chi connectivity index (χ2n) is 0.192. The van der Waals surface area contributed by atoms with Gasteiger partial charge in [0.25, 0.3) is 0 Å². The molecule has 0 aliphatic heterocycles. The van der Waals surface area contributed by atoms with Crippen molar-refractivity contribution in [3.8, 4) is 0 Å². The van der Waals surface area contributed by atoms with Crippen LogP contribution >= 0.6 is 0 Å². The first kappa shape index (κ1) is 15.7. The number of hydrogen-bond donors (Lipinski definition) is 0. The van der Waals surface area contributed by atoms with Crippen LogP contribution in [0.4, 0.5) is 0 Å². The molecule has 0 fully saturated rings. The molecule has 0 saturated carbocycles. The fraction of sp³-hybridized carbons (Fsp3) is 0. The molecule has 0 atom stereocenters. The fourth-order valence-electron chi connectivity index (χ4n) is 0. The smallest absolute Gasteiger partial charge is 0.554 e. The third-order valence-electron chi connectivity index (χ3n) is 0. The molecule has 0 unspecified atom stereocenters. The summed E-state index contributed by atoms with van der Waals surface area (Å²) in [5.41, 5.74) is 0. The molecule has 0 rings (SSSR count). The van der Waals surface area contributed by atoms with Gasteiger partial charge in [0.15, 0.2) is 0 Å². The standard InChI is InChI=1S/2CH2O2.Yb/c2*2-1-3;/h2*1H,(H,2,3);/q;;+2/p-2.